The molecule has 2 amide bonds. The first-order valence-electron chi connectivity index (χ1n) is 8.67. The Morgan fingerprint density at radius 3 is 2.29 bits per heavy atom. The summed E-state index contributed by atoms with van der Waals surface area (Å²) in [7, 11) is 0. The number of ether oxygens (including phenoxy) is 1. The number of amides is 2. The zero-order valence-corrected chi connectivity index (χ0v) is 18.2. The highest BCUT2D eigenvalue weighted by atomic mass is 127. The number of nitrogens with zero attached hydrogens (tertiary/aromatic N) is 1. The molecule has 0 saturated carbocycles. The zero-order valence-electron chi connectivity index (χ0n) is 16.1. The number of aliphatic hydroxyl groups is 1. The molecule has 0 radical (unpaired) electrons. The topological polar surface area (TPSA) is 92.0 Å². The van der Waals surface area contributed by atoms with Gasteiger partial charge in [0.2, 0.25) is 5.91 Å². The number of anilines is 2. The van der Waals surface area contributed by atoms with Gasteiger partial charge in [-0.2, -0.15) is 13.2 Å². The quantitative estimate of drug-likeness (QED) is 0.273. The zero-order chi connectivity index (χ0) is 23.2. The molecule has 2 rings (SSSR count). The highest BCUT2D eigenvalue weighted by Crippen LogP contribution is 2.38. The Kier molecular flexibility index (Phi) is 7.85. The molecule has 0 fully saturated rings. The number of halogens is 4. The number of alkyl halides is 4. The average molecular weight is 547 g/mol. The maximum atomic E-state index is 13.1. The van der Waals surface area contributed by atoms with Crippen molar-refractivity contribution in [3.05, 3.63) is 59.4 Å². The van der Waals surface area contributed by atoms with E-state index in [9.17, 15) is 27.9 Å². The minimum Gasteiger partial charge on any atom is -0.490 e. The number of rotatable bonds is 7. The van der Waals surface area contributed by atoms with E-state index in [1.807, 2.05) is 22.6 Å². The van der Waals surface area contributed by atoms with Gasteiger partial charge in [-0.15, -0.1) is 0 Å². The van der Waals surface area contributed by atoms with Crippen LogP contribution in [0.1, 0.15) is 12.5 Å². The fourth-order valence-corrected chi connectivity index (χ4v) is 2.51. The lowest BCUT2D eigenvalue weighted by atomic mass is 10.1. The van der Waals surface area contributed by atoms with Crippen LogP contribution in [0.4, 0.5) is 30.2 Å². The number of carbonyl (C=O) groups excluding carboxylic acids is 2. The van der Waals surface area contributed by atoms with Crippen molar-refractivity contribution in [3.63, 3.8) is 0 Å². The van der Waals surface area contributed by atoms with E-state index in [0.29, 0.717) is 21.9 Å². The molecule has 0 heterocycles. The molecule has 11 heteroatoms. The molecule has 0 aliphatic carbocycles. The normalized spacial score (nSPS) is 12.9. The Labute approximate surface area is 189 Å². The summed E-state index contributed by atoms with van der Waals surface area (Å²) in [5.41, 5.74) is -3.53. The van der Waals surface area contributed by atoms with E-state index in [0.717, 1.165) is 19.1 Å². The van der Waals surface area contributed by atoms with E-state index in [2.05, 4.69) is 15.5 Å². The molecule has 164 valence electrons. The number of carbonyl (C=O) groups is 2. The van der Waals surface area contributed by atoms with Crippen LogP contribution in [0.5, 0.6) is 5.75 Å². The van der Waals surface area contributed by atoms with Gasteiger partial charge in [0.15, 0.2) is 11.3 Å². The van der Waals surface area contributed by atoms with Gasteiger partial charge < -0.3 is 20.5 Å². The third kappa shape index (κ3) is 6.83. The van der Waals surface area contributed by atoms with Crippen LogP contribution in [0.25, 0.3) is 4.85 Å². The van der Waals surface area contributed by atoms with Crippen LogP contribution in [-0.4, -0.2) is 33.6 Å². The summed E-state index contributed by atoms with van der Waals surface area (Å²) in [6.07, 6.45) is -4.77. The summed E-state index contributed by atoms with van der Waals surface area (Å²) in [5.74, 6) is -0.851. The van der Waals surface area contributed by atoms with Crippen LogP contribution in [0.2, 0.25) is 0 Å². The predicted molar refractivity (Wildman–Crippen MR) is 116 cm³/mol. The molecule has 2 aromatic carbocycles. The van der Waals surface area contributed by atoms with Crippen LogP contribution in [0.3, 0.4) is 0 Å². The molecular formula is C20H17F3IN3O4. The van der Waals surface area contributed by atoms with Crippen molar-refractivity contribution in [3.8, 4) is 5.75 Å². The van der Waals surface area contributed by atoms with Crippen molar-refractivity contribution in [2.24, 2.45) is 0 Å². The summed E-state index contributed by atoms with van der Waals surface area (Å²) in [6.45, 7) is 7.50. The number of hydrogen-bond acceptors (Lipinski definition) is 4. The van der Waals surface area contributed by atoms with E-state index >= 15 is 0 Å². The Balaban J connectivity index is 2.03. The van der Waals surface area contributed by atoms with Crippen LogP contribution >= 0.6 is 22.6 Å². The molecule has 1 atom stereocenters. The molecule has 3 N–H and O–H groups in total. The largest absolute Gasteiger partial charge is 0.490 e. The minimum atomic E-state index is -4.77. The fourth-order valence-electron chi connectivity index (χ4n) is 2.32. The van der Waals surface area contributed by atoms with Gasteiger partial charge in [-0.3, -0.25) is 9.59 Å². The molecule has 0 aromatic heterocycles. The first kappa shape index (κ1) is 24.4. The Bertz CT molecular complexity index is 1000. The van der Waals surface area contributed by atoms with Gasteiger partial charge >= 0.3 is 6.18 Å². The SMILES string of the molecule is [C-]#[N+]c1ccc(NC(=O)[C@@](C)(O)COc2ccc(NC(=O)CI)cc2)cc1C(F)(F)F. The molecule has 0 spiro atoms. The summed E-state index contributed by atoms with van der Waals surface area (Å²) >= 11 is 1.92. The highest BCUT2D eigenvalue weighted by Gasteiger charge is 2.35. The van der Waals surface area contributed by atoms with Crippen molar-refractivity contribution in [1.82, 2.24) is 0 Å². The molecular weight excluding hydrogens is 530 g/mol. The average Bonchev–Trinajstić information content (AvgIpc) is 2.72. The van der Waals surface area contributed by atoms with Gasteiger partial charge in [0.25, 0.3) is 5.91 Å². The molecule has 7 nitrogen and oxygen atoms in total. The monoisotopic (exact) mass is 547 g/mol. The van der Waals surface area contributed by atoms with E-state index in [4.69, 9.17) is 11.3 Å². The molecule has 0 aliphatic rings. The third-order valence-electron chi connectivity index (χ3n) is 3.95. The van der Waals surface area contributed by atoms with Crippen molar-refractivity contribution < 1.29 is 32.6 Å². The van der Waals surface area contributed by atoms with Crippen LogP contribution in [0, 0.1) is 6.57 Å². The summed E-state index contributed by atoms with van der Waals surface area (Å²) in [6, 6.07) is 8.91. The molecule has 2 aromatic rings. The van der Waals surface area contributed by atoms with Crippen molar-refractivity contribution in [1.29, 1.82) is 0 Å². The summed E-state index contributed by atoms with van der Waals surface area (Å²) in [4.78, 5) is 26.5. The van der Waals surface area contributed by atoms with E-state index < -0.39 is 35.5 Å². The van der Waals surface area contributed by atoms with Gasteiger partial charge in [-0.1, -0.05) is 28.7 Å². The summed E-state index contributed by atoms with van der Waals surface area (Å²) in [5, 5.41) is 15.2. The van der Waals surface area contributed by atoms with Gasteiger partial charge in [0.05, 0.1) is 16.6 Å². The fraction of sp³-hybridized carbons (Fsp3) is 0.250. The van der Waals surface area contributed by atoms with E-state index in [-0.39, 0.29) is 11.6 Å². The smallest absolute Gasteiger partial charge is 0.407 e. The van der Waals surface area contributed by atoms with Gasteiger partial charge in [-0.25, -0.2) is 4.85 Å². The first-order valence-corrected chi connectivity index (χ1v) is 10.2. The summed E-state index contributed by atoms with van der Waals surface area (Å²) < 4.78 is 44.9. The van der Waals surface area contributed by atoms with E-state index in [1.54, 1.807) is 12.1 Å². The molecule has 0 saturated heterocycles. The van der Waals surface area contributed by atoms with Gasteiger partial charge in [-0.05, 0) is 43.3 Å². The first-order chi connectivity index (χ1) is 14.5. The predicted octanol–water partition coefficient (Wildman–Crippen LogP) is 4.40. The van der Waals surface area contributed by atoms with Crippen LogP contribution in [0.15, 0.2) is 42.5 Å². The maximum Gasteiger partial charge on any atom is 0.407 e. The number of benzene rings is 2. The second-order valence-electron chi connectivity index (χ2n) is 6.56. The standard InChI is InChI=1S/C20H17F3IN3O4/c1-19(30,11-31-14-6-3-12(4-7-14)26-17(28)10-24)18(29)27-13-5-8-16(25-2)15(9-13)20(21,22)23/h3-9,30H,10-11H2,1H3,(H,26,28)(H,27,29)/t19-/m0/s1. The Hall–Kier alpha value is -2.85. The maximum absolute atomic E-state index is 13.1. The van der Waals surface area contributed by atoms with Crippen molar-refractivity contribution in [2.75, 3.05) is 21.7 Å². The van der Waals surface area contributed by atoms with Gasteiger partial charge in [0.1, 0.15) is 12.4 Å². The number of nitrogens with one attached hydrogen (secondary N) is 2. The lowest BCUT2D eigenvalue weighted by Gasteiger charge is -2.23. The lowest BCUT2D eigenvalue weighted by Crippen LogP contribution is -2.45. The molecule has 0 unspecified atom stereocenters. The second kappa shape index (κ2) is 9.97. The Morgan fingerprint density at radius 2 is 1.74 bits per heavy atom. The Morgan fingerprint density at radius 1 is 1.13 bits per heavy atom. The highest BCUT2D eigenvalue weighted by molar-refractivity contribution is 14.1. The van der Waals surface area contributed by atoms with Gasteiger partial charge in [0, 0.05) is 11.4 Å². The van der Waals surface area contributed by atoms with E-state index in [1.165, 1.54) is 12.1 Å². The number of hydrogen-bond donors (Lipinski definition) is 3. The minimum absolute atomic E-state index is 0.174. The van der Waals surface area contributed by atoms with Crippen molar-refractivity contribution >= 4 is 51.5 Å². The van der Waals surface area contributed by atoms with Crippen LogP contribution < -0.4 is 15.4 Å². The molecule has 0 aliphatic heterocycles. The van der Waals surface area contributed by atoms with Crippen LogP contribution in [-0.2, 0) is 15.8 Å². The lowest BCUT2D eigenvalue weighted by molar-refractivity contribution is -0.137. The second-order valence-corrected chi connectivity index (χ2v) is 7.33. The molecule has 31 heavy (non-hydrogen) atoms. The van der Waals surface area contributed by atoms with Crippen molar-refractivity contribution in [2.45, 2.75) is 18.7 Å². The third-order valence-corrected chi connectivity index (χ3v) is 4.64. The molecule has 0 bridgehead atoms.